The highest BCUT2D eigenvalue weighted by atomic mass is 16.2. The number of rotatable bonds is 4. The molecular formula is C10H19N3O2. The molecule has 0 aliphatic carbocycles. The van der Waals surface area contributed by atoms with Crippen molar-refractivity contribution >= 4 is 11.8 Å². The van der Waals surface area contributed by atoms with Crippen LogP contribution in [0.2, 0.25) is 0 Å². The van der Waals surface area contributed by atoms with Crippen molar-refractivity contribution < 1.29 is 9.59 Å². The van der Waals surface area contributed by atoms with E-state index in [9.17, 15) is 9.59 Å². The zero-order valence-electron chi connectivity index (χ0n) is 9.30. The fraction of sp³-hybridized carbons (Fsp3) is 0.800. The van der Waals surface area contributed by atoms with Crippen LogP contribution in [0.15, 0.2) is 0 Å². The largest absolute Gasteiger partial charge is 0.355 e. The van der Waals surface area contributed by atoms with Gasteiger partial charge in [0.2, 0.25) is 11.8 Å². The molecule has 5 nitrogen and oxygen atoms in total. The van der Waals surface area contributed by atoms with Crippen molar-refractivity contribution in [2.45, 2.75) is 38.8 Å². The molecule has 1 fully saturated rings. The van der Waals surface area contributed by atoms with E-state index < -0.39 is 0 Å². The fourth-order valence-electron chi connectivity index (χ4n) is 1.64. The van der Waals surface area contributed by atoms with Crippen molar-refractivity contribution in [2.24, 2.45) is 0 Å². The van der Waals surface area contributed by atoms with Crippen LogP contribution in [0.1, 0.15) is 26.7 Å². The zero-order valence-corrected chi connectivity index (χ0v) is 9.30. The predicted molar refractivity (Wildman–Crippen MR) is 57.3 cm³/mol. The van der Waals surface area contributed by atoms with E-state index >= 15 is 0 Å². The average molecular weight is 213 g/mol. The summed E-state index contributed by atoms with van der Waals surface area (Å²) in [5.41, 5.74) is 0. The number of carbonyl (C=O) groups excluding carboxylic acids is 2. The van der Waals surface area contributed by atoms with Gasteiger partial charge in [0, 0.05) is 13.1 Å². The van der Waals surface area contributed by atoms with Gasteiger partial charge in [0.25, 0.3) is 0 Å². The molecule has 1 aliphatic heterocycles. The zero-order chi connectivity index (χ0) is 11.3. The van der Waals surface area contributed by atoms with Gasteiger partial charge in [-0.3, -0.25) is 14.9 Å². The second kappa shape index (κ2) is 5.70. The van der Waals surface area contributed by atoms with Gasteiger partial charge in [-0.15, -0.1) is 0 Å². The van der Waals surface area contributed by atoms with E-state index in [-0.39, 0.29) is 23.9 Å². The third-order valence-corrected chi connectivity index (χ3v) is 2.48. The molecule has 1 saturated heterocycles. The van der Waals surface area contributed by atoms with Crippen LogP contribution in [-0.4, -0.2) is 37.0 Å². The second-order valence-corrected chi connectivity index (χ2v) is 3.77. The number of piperidine rings is 1. The van der Waals surface area contributed by atoms with Gasteiger partial charge in [0.05, 0.1) is 12.1 Å². The van der Waals surface area contributed by atoms with E-state index in [0.717, 1.165) is 19.4 Å². The number of amides is 2. The molecule has 5 heteroatoms. The van der Waals surface area contributed by atoms with Crippen molar-refractivity contribution in [1.29, 1.82) is 0 Å². The van der Waals surface area contributed by atoms with Gasteiger partial charge < -0.3 is 10.6 Å². The molecule has 2 unspecified atom stereocenters. The van der Waals surface area contributed by atoms with Crippen molar-refractivity contribution in [2.75, 3.05) is 13.1 Å². The Bertz CT molecular complexity index is 243. The molecule has 0 aromatic rings. The monoisotopic (exact) mass is 213 g/mol. The number of hydrogen-bond acceptors (Lipinski definition) is 3. The number of likely N-dealkylation sites (N-methyl/N-ethyl adjacent to an activating group) is 1. The summed E-state index contributed by atoms with van der Waals surface area (Å²) >= 11 is 0. The summed E-state index contributed by atoms with van der Waals surface area (Å²) in [4.78, 5) is 22.8. The van der Waals surface area contributed by atoms with Crippen LogP contribution in [-0.2, 0) is 9.59 Å². The molecule has 1 rings (SSSR count). The molecule has 86 valence electrons. The van der Waals surface area contributed by atoms with Gasteiger partial charge in [0.1, 0.15) is 0 Å². The van der Waals surface area contributed by atoms with Gasteiger partial charge in [-0.05, 0) is 26.7 Å². The standard InChI is InChI=1S/C10H19N3O2/c1-3-11-9(14)7(2)13-8-5-4-6-12-10(8)15/h7-8,13H,3-6H2,1-2H3,(H,11,14)(H,12,15). The molecule has 1 aliphatic rings. The Balaban J connectivity index is 2.38. The SMILES string of the molecule is CCNC(=O)C(C)NC1CCCNC1=O. The van der Waals surface area contributed by atoms with Crippen molar-refractivity contribution in [3.63, 3.8) is 0 Å². The van der Waals surface area contributed by atoms with Crippen LogP contribution >= 0.6 is 0 Å². The highest BCUT2D eigenvalue weighted by molar-refractivity contribution is 5.85. The topological polar surface area (TPSA) is 70.2 Å². The molecular weight excluding hydrogens is 194 g/mol. The van der Waals surface area contributed by atoms with Crippen LogP contribution in [0.25, 0.3) is 0 Å². The summed E-state index contributed by atoms with van der Waals surface area (Å²) < 4.78 is 0. The summed E-state index contributed by atoms with van der Waals surface area (Å²) in [6.45, 7) is 5.00. The lowest BCUT2D eigenvalue weighted by atomic mass is 10.1. The van der Waals surface area contributed by atoms with Gasteiger partial charge in [-0.2, -0.15) is 0 Å². The normalized spacial score (nSPS) is 23.1. The quantitative estimate of drug-likeness (QED) is 0.583. The lowest BCUT2D eigenvalue weighted by Gasteiger charge is -2.25. The first-order chi connectivity index (χ1) is 7.15. The summed E-state index contributed by atoms with van der Waals surface area (Å²) in [6.07, 6.45) is 1.76. The van der Waals surface area contributed by atoms with Crippen LogP contribution in [0.5, 0.6) is 0 Å². The van der Waals surface area contributed by atoms with Crippen LogP contribution in [0.3, 0.4) is 0 Å². The molecule has 0 aromatic heterocycles. The maximum Gasteiger partial charge on any atom is 0.237 e. The smallest absolute Gasteiger partial charge is 0.237 e. The first-order valence-electron chi connectivity index (χ1n) is 5.46. The number of nitrogens with one attached hydrogen (secondary N) is 3. The van der Waals surface area contributed by atoms with Crippen molar-refractivity contribution in [1.82, 2.24) is 16.0 Å². The number of hydrogen-bond donors (Lipinski definition) is 3. The lowest BCUT2D eigenvalue weighted by molar-refractivity contribution is -0.126. The third-order valence-electron chi connectivity index (χ3n) is 2.48. The van der Waals surface area contributed by atoms with Gasteiger partial charge in [-0.1, -0.05) is 0 Å². The van der Waals surface area contributed by atoms with Crippen molar-refractivity contribution in [3.05, 3.63) is 0 Å². The molecule has 0 radical (unpaired) electrons. The molecule has 3 N–H and O–H groups in total. The van der Waals surface area contributed by atoms with Crippen LogP contribution < -0.4 is 16.0 Å². The predicted octanol–water partition coefficient (Wildman–Crippen LogP) is -0.621. The molecule has 1 heterocycles. The Labute approximate surface area is 90.0 Å². The fourth-order valence-corrected chi connectivity index (χ4v) is 1.64. The van der Waals surface area contributed by atoms with Gasteiger partial charge >= 0.3 is 0 Å². The minimum Gasteiger partial charge on any atom is -0.355 e. The van der Waals surface area contributed by atoms with Crippen LogP contribution in [0, 0.1) is 0 Å². The summed E-state index contributed by atoms with van der Waals surface area (Å²) in [5.74, 6) is -0.0618. The minimum absolute atomic E-state index is 0.00241. The van der Waals surface area contributed by atoms with E-state index in [2.05, 4.69) is 16.0 Å². The maximum atomic E-state index is 11.4. The highest BCUT2D eigenvalue weighted by Gasteiger charge is 2.25. The van der Waals surface area contributed by atoms with Crippen LogP contribution in [0.4, 0.5) is 0 Å². The van der Waals surface area contributed by atoms with E-state index in [1.807, 2.05) is 6.92 Å². The Kier molecular flexibility index (Phi) is 4.55. The molecule has 2 amide bonds. The van der Waals surface area contributed by atoms with E-state index in [4.69, 9.17) is 0 Å². The Morgan fingerprint density at radius 3 is 3.00 bits per heavy atom. The Morgan fingerprint density at radius 1 is 1.67 bits per heavy atom. The van der Waals surface area contributed by atoms with E-state index in [1.165, 1.54) is 0 Å². The maximum absolute atomic E-state index is 11.4. The van der Waals surface area contributed by atoms with Gasteiger partial charge in [0.15, 0.2) is 0 Å². The summed E-state index contributed by atoms with van der Waals surface area (Å²) in [5, 5.41) is 8.52. The Hall–Kier alpha value is -1.10. The third kappa shape index (κ3) is 3.51. The van der Waals surface area contributed by atoms with E-state index in [0.29, 0.717) is 6.54 Å². The van der Waals surface area contributed by atoms with Gasteiger partial charge in [-0.25, -0.2) is 0 Å². The highest BCUT2D eigenvalue weighted by Crippen LogP contribution is 2.03. The number of carbonyl (C=O) groups is 2. The first kappa shape index (κ1) is 12.0. The molecule has 0 aromatic carbocycles. The summed E-state index contributed by atoms with van der Waals surface area (Å²) in [6, 6.07) is -0.546. The minimum atomic E-state index is -0.321. The Morgan fingerprint density at radius 2 is 2.40 bits per heavy atom. The first-order valence-corrected chi connectivity index (χ1v) is 5.46. The average Bonchev–Trinajstić information content (AvgIpc) is 2.21. The lowest BCUT2D eigenvalue weighted by Crippen LogP contribution is -2.54. The molecule has 2 atom stereocenters. The molecule has 15 heavy (non-hydrogen) atoms. The van der Waals surface area contributed by atoms with E-state index in [1.54, 1.807) is 6.92 Å². The molecule has 0 saturated carbocycles. The summed E-state index contributed by atoms with van der Waals surface area (Å²) in [7, 11) is 0. The van der Waals surface area contributed by atoms with Crippen molar-refractivity contribution in [3.8, 4) is 0 Å². The molecule has 0 bridgehead atoms. The second-order valence-electron chi connectivity index (χ2n) is 3.77. The molecule has 0 spiro atoms.